The van der Waals surface area contributed by atoms with Gasteiger partial charge in [0, 0.05) is 6.07 Å². The number of ether oxygens (including phenoxy) is 2. The zero-order valence-corrected chi connectivity index (χ0v) is 16.2. The number of hydrogen-bond donors (Lipinski definition) is 1. The molecule has 5 nitrogen and oxygen atoms in total. The number of halogens is 2. The van der Waals surface area contributed by atoms with Crippen molar-refractivity contribution in [2.45, 2.75) is 13.5 Å². The molecule has 0 aliphatic carbocycles. The van der Waals surface area contributed by atoms with Crippen LogP contribution in [0.4, 0.5) is 14.5 Å². The second-order valence-corrected chi connectivity index (χ2v) is 6.52. The second-order valence-electron chi connectivity index (χ2n) is 6.52. The van der Waals surface area contributed by atoms with Crippen molar-refractivity contribution in [2.24, 2.45) is 0 Å². The number of anilines is 1. The van der Waals surface area contributed by atoms with Gasteiger partial charge in [-0.05, 0) is 36.8 Å². The molecule has 7 heteroatoms. The normalized spacial score (nSPS) is 10.4. The maximum absolute atomic E-state index is 13.6. The number of para-hydroxylation sites is 1. The Morgan fingerprint density at radius 2 is 1.77 bits per heavy atom. The Kier molecular flexibility index (Phi) is 6.75. The molecule has 30 heavy (non-hydrogen) atoms. The highest BCUT2D eigenvalue weighted by Crippen LogP contribution is 2.21. The molecular weight excluding hydrogens is 392 g/mol. The highest BCUT2D eigenvalue weighted by atomic mass is 19.1. The number of rotatable bonds is 7. The van der Waals surface area contributed by atoms with E-state index in [2.05, 4.69) is 5.32 Å². The molecule has 0 heterocycles. The lowest BCUT2D eigenvalue weighted by atomic mass is 10.1. The molecule has 0 fully saturated rings. The minimum atomic E-state index is -0.926. The minimum Gasteiger partial charge on any atom is -0.488 e. The molecule has 0 aliphatic rings. The number of amides is 1. The van der Waals surface area contributed by atoms with E-state index in [4.69, 9.17) is 9.47 Å². The molecule has 0 aliphatic heterocycles. The van der Waals surface area contributed by atoms with Gasteiger partial charge in [-0.15, -0.1) is 0 Å². The molecule has 3 rings (SSSR count). The summed E-state index contributed by atoms with van der Waals surface area (Å²) >= 11 is 0. The minimum absolute atomic E-state index is 0.158. The van der Waals surface area contributed by atoms with E-state index in [0.717, 1.165) is 23.3 Å². The zero-order chi connectivity index (χ0) is 21.5. The van der Waals surface area contributed by atoms with Gasteiger partial charge in [0.2, 0.25) is 0 Å². The summed E-state index contributed by atoms with van der Waals surface area (Å²) in [5.74, 6) is -2.89. The third kappa shape index (κ3) is 5.64. The maximum Gasteiger partial charge on any atom is 0.342 e. The third-order valence-corrected chi connectivity index (χ3v) is 4.12. The van der Waals surface area contributed by atoms with Crippen molar-refractivity contribution in [1.29, 1.82) is 0 Å². The number of esters is 1. The highest BCUT2D eigenvalue weighted by Gasteiger charge is 2.16. The highest BCUT2D eigenvalue weighted by molar-refractivity contribution is 5.96. The van der Waals surface area contributed by atoms with Crippen LogP contribution >= 0.6 is 0 Å². The van der Waals surface area contributed by atoms with Crippen molar-refractivity contribution in [3.8, 4) is 5.75 Å². The van der Waals surface area contributed by atoms with Crippen LogP contribution in [0.5, 0.6) is 5.75 Å². The summed E-state index contributed by atoms with van der Waals surface area (Å²) < 4.78 is 37.3. The second kappa shape index (κ2) is 9.65. The number of nitrogens with one attached hydrogen (secondary N) is 1. The van der Waals surface area contributed by atoms with Crippen LogP contribution in [-0.4, -0.2) is 18.5 Å². The van der Waals surface area contributed by atoms with Crippen LogP contribution in [0, 0.1) is 18.6 Å². The average Bonchev–Trinajstić information content (AvgIpc) is 2.73. The van der Waals surface area contributed by atoms with Crippen molar-refractivity contribution in [3.05, 3.63) is 95.1 Å². The molecule has 1 N–H and O–H groups in total. The first-order chi connectivity index (χ1) is 14.4. The third-order valence-electron chi connectivity index (χ3n) is 4.12. The lowest BCUT2D eigenvalue weighted by Gasteiger charge is -2.12. The largest absolute Gasteiger partial charge is 0.488 e. The van der Waals surface area contributed by atoms with Gasteiger partial charge in [0.25, 0.3) is 5.91 Å². The SMILES string of the molecule is Cc1cccc(COc2ccccc2C(=O)OCC(=O)Nc2ccc(F)cc2F)c1. The Morgan fingerprint density at radius 1 is 0.967 bits per heavy atom. The van der Waals surface area contributed by atoms with Crippen LogP contribution in [0.3, 0.4) is 0 Å². The van der Waals surface area contributed by atoms with Gasteiger partial charge in [0.15, 0.2) is 6.61 Å². The van der Waals surface area contributed by atoms with Gasteiger partial charge >= 0.3 is 5.97 Å². The molecule has 0 unspecified atom stereocenters. The van der Waals surface area contributed by atoms with E-state index < -0.39 is 30.1 Å². The predicted molar refractivity (Wildman–Crippen MR) is 107 cm³/mol. The molecular formula is C23H19F2NO4. The van der Waals surface area contributed by atoms with E-state index in [9.17, 15) is 18.4 Å². The van der Waals surface area contributed by atoms with Crippen LogP contribution in [0.15, 0.2) is 66.7 Å². The number of hydrogen-bond acceptors (Lipinski definition) is 4. The zero-order valence-electron chi connectivity index (χ0n) is 16.2. The van der Waals surface area contributed by atoms with Gasteiger partial charge in [0.1, 0.15) is 29.6 Å². The van der Waals surface area contributed by atoms with Crippen molar-refractivity contribution in [2.75, 3.05) is 11.9 Å². The molecule has 0 aromatic heterocycles. The van der Waals surface area contributed by atoms with Gasteiger partial charge in [-0.3, -0.25) is 4.79 Å². The van der Waals surface area contributed by atoms with E-state index >= 15 is 0 Å². The van der Waals surface area contributed by atoms with Crippen molar-refractivity contribution < 1.29 is 27.8 Å². The van der Waals surface area contributed by atoms with Gasteiger partial charge in [-0.2, -0.15) is 0 Å². The first kappa shape index (κ1) is 21.0. The first-order valence-corrected chi connectivity index (χ1v) is 9.12. The molecule has 0 atom stereocenters. The van der Waals surface area contributed by atoms with Gasteiger partial charge in [-0.1, -0.05) is 42.0 Å². The average molecular weight is 411 g/mol. The number of benzene rings is 3. The fourth-order valence-corrected chi connectivity index (χ4v) is 2.71. The quantitative estimate of drug-likeness (QED) is 0.575. The Hall–Kier alpha value is -3.74. The van der Waals surface area contributed by atoms with Crippen LogP contribution in [0.2, 0.25) is 0 Å². The molecule has 0 radical (unpaired) electrons. The van der Waals surface area contributed by atoms with Crippen LogP contribution < -0.4 is 10.1 Å². The van der Waals surface area contributed by atoms with Crippen LogP contribution in [-0.2, 0) is 16.1 Å². The topological polar surface area (TPSA) is 64.6 Å². The number of aryl methyl sites for hydroxylation is 1. The summed E-state index contributed by atoms with van der Waals surface area (Å²) in [5, 5.41) is 2.22. The summed E-state index contributed by atoms with van der Waals surface area (Å²) in [6, 6.07) is 17.0. The summed E-state index contributed by atoms with van der Waals surface area (Å²) in [7, 11) is 0. The maximum atomic E-state index is 13.6. The number of carbonyl (C=O) groups is 2. The molecule has 3 aromatic carbocycles. The monoisotopic (exact) mass is 411 g/mol. The van der Waals surface area contributed by atoms with Crippen molar-refractivity contribution >= 4 is 17.6 Å². The van der Waals surface area contributed by atoms with Crippen molar-refractivity contribution in [3.63, 3.8) is 0 Å². The Bertz CT molecular complexity index is 1070. The van der Waals surface area contributed by atoms with Gasteiger partial charge in [0.05, 0.1) is 5.69 Å². The van der Waals surface area contributed by atoms with Crippen LogP contribution in [0.1, 0.15) is 21.5 Å². The standard InChI is InChI=1S/C23H19F2NO4/c1-15-5-4-6-16(11-15)13-29-21-8-3-2-7-18(21)23(28)30-14-22(27)26-20-10-9-17(24)12-19(20)25/h2-12H,13-14H2,1H3,(H,26,27). The van der Waals surface area contributed by atoms with Gasteiger partial charge in [-0.25, -0.2) is 13.6 Å². The van der Waals surface area contributed by atoms with Gasteiger partial charge < -0.3 is 14.8 Å². The molecule has 1 amide bonds. The molecule has 0 bridgehead atoms. The molecule has 0 saturated carbocycles. The van der Waals surface area contributed by atoms with E-state index in [1.807, 2.05) is 31.2 Å². The lowest BCUT2D eigenvalue weighted by Crippen LogP contribution is -2.21. The molecule has 3 aromatic rings. The lowest BCUT2D eigenvalue weighted by molar-refractivity contribution is -0.119. The fourth-order valence-electron chi connectivity index (χ4n) is 2.71. The first-order valence-electron chi connectivity index (χ1n) is 9.12. The summed E-state index contributed by atoms with van der Waals surface area (Å²) in [6.07, 6.45) is 0. The molecule has 0 saturated heterocycles. The van der Waals surface area contributed by atoms with Crippen LogP contribution in [0.25, 0.3) is 0 Å². The summed E-state index contributed by atoms with van der Waals surface area (Å²) in [6.45, 7) is 1.59. The van der Waals surface area contributed by atoms with E-state index in [0.29, 0.717) is 11.8 Å². The predicted octanol–water partition coefficient (Wildman–Crippen LogP) is 4.65. The van der Waals surface area contributed by atoms with E-state index in [1.54, 1.807) is 18.2 Å². The summed E-state index contributed by atoms with van der Waals surface area (Å²) in [4.78, 5) is 24.3. The molecule has 0 spiro atoms. The summed E-state index contributed by atoms with van der Waals surface area (Å²) in [5.41, 5.74) is 1.98. The molecule has 154 valence electrons. The smallest absolute Gasteiger partial charge is 0.342 e. The van der Waals surface area contributed by atoms with E-state index in [1.165, 1.54) is 6.07 Å². The number of carbonyl (C=O) groups excluding carboxylic acids is 2. The Balaban J connectivity index is 1.59. The van der Waals surface area contributed by atoms with Crippen molar-refractivity contribution in [1.82, 2.24) is 0 Å². The Labute approximate surface area is 172 Å². The fraction of sp³-hybridized carbons (Fsp3) is 0.130. The van der Waals surface area contributed by atoms with E-state index in [-0.39, 0.29) is 17.9 Å². The Morgan fingerprint density at radius 3 is 2.53 bits per heavy atom.